The second kappa shape index (κ2) is 8.42. The maximum Gasteiger partial charge on any atom is 0.573 e. The summed E-state index contributed by atoms with van der Waals surface area (Å²) in [6.07, 6.45) is -2.91. The molecule has 0 aliphatic carbocycles. The van der Waals surface area contributed by atoms with Gasteiger partial charge in [-0.05, 0) is 35.9 Å². The summed E-state index contributed by atoms with van der Waals surface area (Å²) >= 11 is 0. The Kier molecular flexibility index (Phi) is 5.90. The van der Waals surface area contributed by atoms with E-state index >= 15 is 0 Å². The third-order valence-electron chi connectivity index (χ3n) is 4.01. The molecule has 0 aliphatic rings. The van der Waals surface area contributed by atoms with Gasteiger partial charge in [-0.15, -0.1) is 13.2 Å². The van der Waals surface area contributed by atoms with Gasteiger partial charge >= 0.3 is 6.36 Å². The Bertz CT molecular complexity index is 1120. The molecule has 0 saturated carbocycles. The van der Waals surface area contributed by atoms with Crippen LogP contribution in [0.1, 0.15) is 27.7 Å². The molecular formula is C19H13F5N4O3. The van der Waals surface area contributed by atoms with E-state index in [0.717, 1.165) is 24.4 Å². The number of rotatable bonds is 5. The summed E-state index contributed by atoms with van der Waals surface area (Å²) in [5.41, 5.74) is 4.75. The first kappa shape index (κ1) is 21.7. The third-order valence-corrected chi connectivity index (χ3v) is 4.01. The van der Waals surface area contributed by atoms with E-state index in [0.29, 0.717) is 12.1 Å². The molecule has 4 N–H and O–H groups in total. The van der Waals surface area contributed by atoms with Crippen molar-refractivity contribution in [3.05, 3.63) is 77.2 Å². The number of aromatic nitrogens is 2. The van der Waals surface area contributed by atoms with Crippen LogP contribution in [0, 0.1) is 11.6 Å². The molecule has 3 aromatic rings. The number of hydrogen-bond acceptors (Lipinski definition) is 6. The fourth-order valence-electron chi connectivity index (χ4n) is 2.64. The predicted molar refractivity (Wildman–Crippen MR) is 96.9 cm³/mol. The SMILES string of the molecule is Nc1cc(C(=O)NC(c2ccc(OC(F)(F)F)c(F)c2)c2ncccc2F)cnc1O. The number of nitrogens with two attached hydrogens (primary N) is 1. The average molecular weight is 440 g/mol. The Labute approximate surface area is 171 Å². The van der Waals surface area contributed by atoms with Crippen molar-refractivity contribution in [2.24, 2.45) is 0 Å². The van der Waals surface area contributed by atoms with Gasteiger partial charge < -0.3 is 20.9 Å². The highest BCUT2D eigenvalue weighted by atomic mass is 19.4. The monoisotopic (exact) mass is 440 g/mol. The smallest absolute Gasteiger partial charge is 0.492 e. The first-order valence-corrected chi connectivity index (χ1v) is 8.46. The third kappa shape index (κ3) is 5.15. The van der Waals surface area contributed by atoms with Crippen LogP contribution < -0.4 is 15.8 Å². The number of hydrogen-bond donors (Lipinski definition) is 3. The summed E-state index contributed by atoms with van der Waals surface area (Å²) in [5.74, 6) is -4.69. The minimum Gasteiger partial charge on any atom is -0.492 e. The number of benzene rings is 1. The van der Waals surface area contributed by atoms with Crippen LogP contribution in [-0.4, -0.2) is 27.3 Å². The lowest BCUT2D eigenvalue weighted by molar-refractivity contribution is -0.275. The molecule has 1 atom stereocenters. The molecule has 1 aromatic carbocycles. The van der Waals surface area contributed by atoms with Crippen molar-refractivity contribution in [3.8, 4) is 11.6 Å². The number of amides is 1. The van der Waals surface area contributed by atoms with E-state index < -0.39 is 41.6 Å². The van der Waals surface area contributed by atoms with E-state index in [1.807, 2.05) is 0 Å². The summed E-state index contributed by atoms with van der Waals surface area (Å²) in [5, 5.41) is 11.8. The van der Waals surface area contributed by atoms with Gasteiger partial charge in [-0.25, -0.2) is 13.8 Å². The van der Waals surface area contributed by atoms with Crippen molar-refractivity contribution >= 4 is 11.6 Å². The summed E-state index contributed by atoms with van der Waals surface area (Å²) in [6, 6.07) is 4.40. The van der Waals surface area contributed by atoms with Gasteiger partial charge in [0.15, 0.2) is 11.6 Å². The zero-order valence-corrected chi connectivity index (χ0v) is 15.3. The van der Waals surface area contributed by atoms with Gasteiger partial charge in [-0.3, -0.25) is 9.78 Å². The van der Waals surface area contributed by atoms with Gasteiger partial charge in [0.05, 0.1) is 17.3 Å². The quantitative estimate of drug-likeness (QED) is 0.524. The van der Waals surface area contributed by atoms with Crippen molar-refractivity contribution in [1.29, 1.82) is 0 Å². The molecule has 2 aromatic heterocycles. The van der Waals surface area contributed by atoms with Crippen molar-refractivity contribution in [3.63, 3.8) is 0 Å². The number of nitrogen functional groups attached to an aromatic ring is 1. The zero-order valence-electron chi connectivity index (χ0n) is 15.3. The maximum absolute atomic E-state index is 14.4. The molecule has 12 heteroatoms. The zero-order chi connectivity index (χ0) is 22.8. The van der Waals surface area contributed by atoms with Gasteiger partial charge in [0.1, 0.15) is 11.5 Å². The van der Waals surface area contributed by atoms with Crippen LogP contribution >= 0.6 is 0 Å². The fourth-order valence-corrected chi connectivity index (χ4v) is 2.64. The predicted octanol–water partition coefficient (Wildman–Crippen LogP) is 3.46. The second-order valence-electron chi connectivity index (χ2n) is 6.15. The van der Waals surface area contributed by atoms with Gasteiger partial charge in [0.25, 0.3) is 5.91 Å². The lowest BCUT2D eigenvalue weighted by Crippen LogP contribution is -2.31. The van der Waals surface area contributed by atoms with Crippen LogP contribution in [0.15, 0.2) is 48.8 Å². The van der Waals surface area contributed by atoms with Crippen molar-refractivity contribution in [2.75, 3.05) is 5.73 Å². The largest absolute Gasteiger partial charge is 0.573 e. The standard InChI is InChI=1S/C19H13F5N4O3/c20-11-2-1-5-26-16(11)15(28-17(29)10-7-13(25)18(30)27-8-10)9-3-4-14(12(21)6-9)31-19(22,23)24/h1-8,15H,25H2,(H,27,30)(H,28,29). The van der Waals surface area contributed by atoms with Crippen LogP contribution in [0.25, 0.3) is 0 Å². The molecule has 1 amide bonds. The first-order chi connectivity index (χ1) is 14.5. The van der Waals surface area contributed by atoms with Crippen LogP contribution in [0.4, 0.5) is 27.6 Å². The summed E-state index contributed by atoms with van der Waals surface area (Å²) in [4.78, 5) is 20.0. The van der Waals surface area contributed by atoms with Gasteiger partial charge in [-0.2, -0.15) is 0 Å². The molecule has 0 fully saturated rings. The number of nitrogens with zero attached hydrogens (tertiary/aromatic N) is 2. The Balaban J connectivity index is 1.99. The second-order valence-corrected chi connectivity index (χ2v) is 6.15. The topological polar surface area (TPSA) is 110 Å². The lowest BCUT2D eigenvalue weighted by atomic mass is 10.0. The number of halogens is 5. The van der Waals surface area contributed by atoms with E-state index in [1.165, 1.54) is 12.3 Å². The lowest BCUT2D eigenvalue weighted by Gasteiger charge is -2.20. The van der Waals surface area contributed by atoms with E-state index in [9.17, 15) is 31.9 Å². The molecule has 0 radical (unpaired) electrons. The number of aromatic hydroxyl groups is 1. The Morgan fingerprint density at radius 2 is 1.87 bits per heavy atom. The van der Waals surface area contributed by atoms with E-state index in [2.05, 4.69) is 20.0 Å². The summed E-state index contributed by atoms with van der Waals surface area (Å²) in [6.45, 7) is 0. The van der Waals surface area contributed by atoms with Crippen LogP contribution in [-0.2, 0) is 0 Å². The van der Waals surface area contributed by atoms with Crippen LogP contribution in [0.5, 0.6) is 11.6 Å². The van der Waals surface area contributed by atoms with Gasteiger partial charge in [-0.1, -0.05) is 6.07 Å². The Hall–Kier alpha value is -3.96. The normalized spacial score (nSPS) is 12.3. The highest BCUT2D eigenvalue weighted by Gasteiger charge is 2.33. The number of ether oxygens (including phenoxy) is 1. The fraction of sp³-hybridized carbons (Fsp3) is 0.105. The molecule has 1 unspecified atom stereocenters. The van der Waals surface area contributed by atoms with E-state index in [1.54, 1.807) is 0 Å². The van der Waals surface area contributed by atoms with Crippen molar-refractivity contribution < 1.29 is 36.6 Å². The minimum atomic E-state index is -5.12. The highest BCUT2D eigenvalue weighted by molar-refractivity contribution is 5.95. The number of carbonyl (C=O) groups is 1. The van der Waals surface area contributed by atoms with Crippen molar-refractivity contribution in [1.82, 2.24) is 15.3 Å². The minimum absolute atomic E-state index is 0.113. The molecule has 2 heterocycles. The molecule has 3 rings (SSSR count). The molecule has 0 saturated heterocycles. The molecule has 7 nitrogen and oxygen atoms in total. The maximum atomic E-state index is 14.4. The Morgan fingerprint density at radius 1 is 1.13 bits per heavy atom. The van der Waals surface area contributed by atoms with Gasteiger partial charge in [0, 0.05) is 12.4 Å². The number of carbonyl (C=O) groups excluding carboxylic acids is 1. The van der Waals surface area contributed by atoms with E-state index in [-0.39, 0.29) is 22.5 Å². The van der Waals surface area contributed by atoms with E-state index in [4.69, 9.17) is 5.73 Å². The summed E-state index contributed by atoms with van der Waals surface area (Å²) < 4.78 is 69.3. The Morgan fingerprint density at radius 3 is 2.48 bits per heavy atom. The molecule has 0 aliphatic heterocycles. The molecular weight excluding hydrogens is 427 g/mol. The van der Waals surface area contributed by atoms with Crippen LogP contribution in [0.2, 0.25) is 0 Å². The summed E-state index contributed by atoms with van der Waals surface area (Å²) in [7, 11) is 0. The average Bonchev–Trinajstić information content (AvgIpc) is 2.69. The number of anilines is 1. The molecule has 0 spiro atoms. The molecule has 0 bridgehead atoms. The number of alkyl halides is 3. The number of pyridine rings is 2. The van der Waals surface area contributed by atoms with Crippen LogP contribution in [0.3, 0.4) is 0 Å². The first-order valence-electron chi connectivity index (χ1n) is 8.46. The molecule has 162 valence electrons. The molecule has 31 heavy (non-hydrogen) atoms. The van der Waals surface area contributed by atoms with Gasteiger partial charge in [0.2, 0.25) is 5.88 Å². The highest BCUT2D eigenvalue weighted by Crippen LogP contribution is 2.30. The number of nitrogens with one attached hydrogen (secondary N) is 1. The van der Waals surface area contributed by atoms with Crippen molar-refractivity contribution in [2.45, 2.75) is 12.4 Å².